The topological polar surface area (TPSA) is 82.0 Å². The molecular formula is C12H24N2O4. The largest absolute Gasteiger partial charge is 0.480 e. The minimum absolute atomic E-state index is 0.274. The molecule has 6 nitrogen and oxygen atoms in total. The van der Waals surface area contributed by atoms with Crippen LogP contribution in [0.3, 0.4) is 0 Å². The molecule has 1 aliphatic heterocycles. The predicted molar refractivity (Wildman–Crippen MR) is 67.6 cm³/mol. The molecule has 0 amide bonds. The van der Waals surface area contributed by atoms with E-state index in [9.17, 15) is 9.90 Å². The number of aliphatic carboxylic acids is 1. The highest BCUT2D eigenvalue weighted by Gasteiger charge is 2.29. The summed E-state index contributed by atoms with van der Waals surface area (Å²) in [6, 6.07) is -0.552. The van der Waals surface area contributed by atoms with Gasteiger partial charge in [-0.05, 0) is 6.42 Å². The van der Waals surface area contributed by atoms with Gasteiger partial charge in [0.25, 0.3) is 0 Å². The number of β-amino-alcohol motifs (C(OH)–C–C–N with tert-alkyl or cyclic N) is 1. The Kier molecular flexibility index (Phi) is 7.19. The number of carbonyl (C=O) groups is 1. The van der Waals surface area contributed by atoms with Gasteiger partial charge >= 0.3 is 5.97 Å². The Bertz CT molecular complexity index is 250. The number of piperazine rings is 1. The van der Waals surface area contributed by atoms with Crippen molar-refractivity contribution in [1.82, 2.24) is 10.2 Å². The Morgan fingerprint density at radius 3 is 3.06 bits per heavy atom. The van der Waals surface area contributed by atoms with Gasteiger partial charge in [-0.25, -0.2) is 0 Å². The van der Waals surface area contributed by atoms with Crippen LogP contribution >= 0.6 is 0 Å². The van der Waals surface area contributed by atoms with Gasteiger partial charge in [-0.15, -0.1) is 0 Å². The molecule has 1 saturated heterocycles. The first-order valence-corrected chi connectivity index (χ1v) is 6.58. The maximum Gasteiger partial charge on any atom is 0.322 e. The monoisotopic (exact) mass is 260 g/mol. The van der Waals surface area contributed by atoms with Crippen molar-refractivity contribution in [3.05, 3.63) is 0 Å². The summed E-state index contributed by atoms with van der Waals surface area (Å²) >= 11 is 0. The number of nitrogens with zero attached hydrogens (tertiary/aromatic N) is 1. The fourth-order valence-corrected chi connectivity index (χ4v) is 2.00. The number of unbranched alkanes of at least 4 members (excludes halogenated alkanes) is 1. The van der Waals surface area contributed by atoms with E-state index >= 15 is 0 Å². The quantitative estimate of drug-likeness (QED) is 0.512. The molecule has 0 aromatic carbocycles. The number of carboxylic acids is 1. The van der Waals surface area contributed by atoms with Crippen molar-refractivity contribution < 1.29 is 19.7 Å². The van der Waals surface area contributed by atoms with Crippen molar-refractivity contribution >= 4 is 5.97 Å². The molecule has 1 rings (SSSR count). The van der Waals surface area contributed by atoms with Gasteiger partial charge in [-0.3, -0.25) is 9.69 Å². The van der Waals surface area contributed by atoms with Gasteiger partial charge < -0.3 is 20.3 Å². The van der Waals surface area contributed by atoms with E-state index in [2.05, 4.69) is 12.2 Å². The molecule has 0 saturated carbocycles. The van der Waals surface area contributed by atoms with Crippen LogP contribution in [-0.4, -0.2) is 72.6 Å². The average molecular weight is 260 g/mol. The molecule has 0 aromatic heterocycles. The standard InChI is InChI=1S/C12H24N2O4/c1-2-3-6-18-9-10(15)8-14-5-4-13-7-11(14)12(16)17/h10-11,13,15H,2-9H2,1H3,(H,16,17). The lowest BCUT2D eigenvalue weighted by Crippen LogP contribution is -2.56. The average Bonchev–Trinajstić information content (AvgIpc) is 2.35. The van der Waals surface area contributed by atoms with Crippen molar-refractivity contribution in [2.75, 3.05) is 39.4 Å². The lowest BCUT2D eigenvalue weighted by molar-refractivity contribution is -0.144. The third-order valence-electron chi connectivity index (χ3n) is 3.04. The van der Waals surface area contributed by atoms with Crippen LogP contribution in [0.4, 0.5) is 0 Å². The Morgan fingerprint density at radius 1 is 1.61 bits per heavy atom. The summed E-state index contributed by atoms with van der Waals surface area (Å²) in [5.74, 6) is -0.846. The molecule has 2 atom stereocenters. The highest BCUT2D eigenvalue weighted by atomic mass is 16.5. The van der Waals surface area contributed by atoms with E-state index in [1.807, 2.05) is 0 Å². The van der Waals surface area contributed by atoms with E-state index in [0.717, 1.165) is 19.4 Å². The van der Waals surface area contributed by atoms with Crippen LogP contribution < -0.4 is 5.32 Å². The first kappa shape index (κ1) is 15.4. The molecule has 0 aromatic rings. The lowest BCUT2D eigenvalue weighted by atomic mass is 10.1. The number of hydrogen-bond acceptors (Lipinski definition) is 5. The summed E-state index contributed by atoms with van der Waals surface area (Å²) in [6.45, 7) is 5.19. The van der Waals surface area contributed by atoms with Crippen molar-refractivity contribution in [1.29, 1.82) is 0 Å². The SMILES string of the molecule is CCCCOCC(O)CN1CCNCC1C(=O)O. The van der Waals surface area contributed by atoms with Crippen molar-refractivity contribution in [3.8, 4) is 0 Å². The van der Waals surface area contributed by atoms with Gasteiger partial charge in [0.1, 0.15) is 6.04 Å². The van der Waals surface area contributed by atoms with Crippen LogP contribution in [0.2, 0.25) is 0 Å². The fourth-order valence-electron chi connectivity index (χ4n) is 2.00. The molecule has 1 heterocycles. The Balaban J connectivity index is 2.27. The number of hydrogen-bond donors (Lipinski definition) is 3. The summed E-state index contributed by atoms with van der Waals surface area (Å²) in [7, 11) is 0. The number of rotatable bonds is 8. The van der Waals surface area contributed by atoms with Gasteiger partial charge in [-0.2, -0.15) is 0 Å². The molecule has 6 heteroatoms. The van der Waals surface area contributed by atoms with Crippen molar-refractivity contribution in [3.63, 3.8) is 0 Å². The van der Waals surface area contributed by atoms with Crippen LogP contribution in [-0.2, 0) is 9.53 Å². The molecule has 1 fully saturated rings. The zero-order valence-corrected chi connectivity index (χ0v) is 11.0. The van der Waals surface area contributed by atoms with E-state index in [1.54, 1.807) is 4.90 Å². The van der Waals surface area contributed by atoms with Gasteiger partial charge in [0.2, 0.25) is 0 Å². The van der Waals surface area contributed by atoms with Crippen LogP contribution in [0.1, 0.15) is 19.8 Å². The van der Waals surface area contributed by atoms with E-state index in [-0.39, 0.29) is 6.61 Å². The lowest BCUT2D eigenvalue weighted by Gasteiger charge is -2.34. The van der Waals surface area contributed by atoms with Crippen molar-refractivity contribution in [2.24, 2.45) is 0 Å². The van der Waals surface area contributed by atoms with E-state index in [1.165, 1.54) is 0 Å². The number of aliphatic hydroxyl groups excluding tert-OH is 1. The molecule has 3 N–H and O–H groups in total. The zero-order valence-electron chi connectivity index (χ0n) is 11.0. The summed E-state index contributed by atoms with van der Waals surface area (Å²) in [4.78, 5) is 12.8. The van der Waals surface area contributed by atoms with Gasteiger partial charge in [0.05, 0.1) is 12.7 Å². The second-order valence-corrected chi connectivity index (χ2v) is 4.64. The maximum absolute atomic E-state index is 11.1. The van der Waals surface area contributed by atoms with E-state index in [0.29, 0.717) is 26.2 Å². The molecule has 18 heavy (non-hydrogen) atoms. The molecule has 0 spiro atoms. The molecule has 2 unspecified atom stereocenters. The molecular weight excluding hydrogens is 236 g/mol. The highest BCUT2D eigenvalue weighted by Crippen LogP contribution is 2.05. The zero-order chi connectivity index (χ0) is 13.4. The van der Waals surface area contributed by atoms with Crippen LogP contribution in [0, 0.1) is 0 Å². The van der Waals surface area contributed by atoms with Crippen LogP contribution in [0.5, 0.6) is 0 Å². The Morgan fingerprint density at radius 2 is 2.39 bits per heavy atom. The number of nitrogens with one attached hydrogen (secondary N) is 1. The minimum atomic E-state index is -0.846. The normalized spacial score (nSPS) is 22.9. The summed E-state index contributed by atoms with van der Waals surface area (Å²) in [6.07, 6.45) is 1.43. The molecule has 106 valence electrons. The molecule has 0 aliphatic carbocycles. The van der Waals surface area contributed by atoms with Gasteiger partial charge in [0, 0.05) is 32.8 Å². The first-order chi connectivity index (χ1) is 8.65. The molecule has 0 bridgehead atoms. The second-order valence-electron chi connectivity index (χ2n) is 4.64. The molecule has 0 radical (unpaired) electrons. The van der Waals surface area contributed by atoms with E-state index < -0.39 is 18.1 Å². The van der Waals surface area contributed by atoms with Crippen molar-refractivity contribution in [2.45, 2.75) is 31.9 Å². The van der Waals surface area contributed by atoms with Crippen LogP contribution in [0.25, 0.3) is 0 Å². The second kappa shape index (κ2) is 8.42. The van der Waals surface area contributed by atoms with E-state index in [4.69, 9.17) is 9.84 Å². The Labute approximate surface area is 108 Å². The maximum atomic E-state index is 11.1. The summed E-state index contributed by atoms with van der Waals surface area (Å²) in [5, 5.41) is 21.9. The number of ether oxygens (including phenoxy) is 1. The molecule has 1 aliphatic rings. The smallest absolute Gasteiger partial charge is 0.322 e. The minimum Gasteiger partial charge on any atom is -0.480 e. The third kappa shape index (κ3) is 5.30. The van der Waals surface area contributed by atoms with Crippen LogP contribution in [0.15, 0.2) is 0 Å². The number of carboxylic acid groups (broad SMARTS) is 1. The Hall–Kier alpha value is -0.690. The first-order valence-electron chi connectivity index (χ1n) is 6.58. The van der Waals surface area contributed by atoms with Gasteiger partial charge in [0.15, 0.2) is 0 Å². The fraction of sp³-hybridized carbons (Fsp3) is 0.917. The third-order valence-corrected chi connectivity index (χ3v) is 3.04. The predicted octanol–water partition coefficient (Wildman–Crippen LogP) is -0.478. The number of aliphatic hydroxyl groups is 1. The summed E-state index contributed by atoms with van der Waals surface area (Å²) in [5.41, 5.74) is 0. The highest BCUT2D eigenvalue weighted by molar-refractivity contribution is 5.73. The summed E-state index contributed by atoms with van der Waals surface area (Å²) < 4.78 is 5.33. The van der Waals surface area contributed by atoms with Gasteiger partial charge in [-0.1, -0.05) is 13.3 Å².